The maximum absolute atomic E-state index is 13.7. The number of Topliss-reactive ketones (excluding diaryl/α,β-unsaturated/α-hetero) is 1. The zero-order chi connectivity index (χ0) is 20.8. The Labute approximate surface area is 179 Å². The number of carbonyl (C=O) groups excluding carboxylic acids is 1. The van der Waals surface area contributed by atoms with Crippen LogP contribution in [0.4, 0.5) is 0 Å². The monoisotopic (exact) mass is 407 g/mol. The molecule has 3 atom stereocenters. The number of carbonyl (C=O) groups is 1. The maximum atomic E-state index is 13.7. The Morgan fingerprint density at radius 3 is 2.33 bits per heavy atom. The van der Waals surface area contributed by atoms with Crippen LogP contribution >= 0.6 is 0 Å². The van der Waals surface area contributed by atoms with Crippen molar-refractivity contribution < 1.29 is 14.6 Å². The normalized spacial score (nSPS) is 27.6. The first-order chi connectivity index (χ1) is 14.7. The second-order valence-electron chi connectivity index (χ2n) is 8.85. The molecule has 0 aromatic heterocycles. The topological polar surface area (TPSA) is 49.8 Å². The molecule has 2 aromatic carbocycles. The fourth-order valence-electron chi connectivity index (χ4n) is 5.22. The maximum Gasteiger partial charge on any atom is 0.170 e. The summed E-state index contributed by atoms with van der Waals surface area (Å²) in [5.41, 5.74) is 0.630. The minimum absolute atomic E-state index is 0.0525. The van der Waals surface area contributed by atoms with Crippen LogP contribution in [0.3, 0.4) is 0 Å². The van der Waals surface area contributed by atoms with E-state index in [1.165, 1.54) is 19.3 Å². The zero-order valence-electron chi connectivity index (χ0n) is 17.7. The van der Waals surface area contributed by atoms with Crippen molar-refractivity contribution in [3.63, 3.8) is 0 Å². The number of likely N-dealkylation sites (tertiary alicyclic amines) is 1. The lowest BCUT2D eigenvalue weighted by Crippen LogP contribution is -2.59. The summed E-state index contributed by atoms with van der Waals surface area (Å²) >= 11 is 0. The van der Waals surface area contributed by atoms with E-state index >= 15 is 0 Å². The molecule has 1 saturated heterocycles. The van der Waals surface area contributed by atoms with Crippen molar-refractivity contribution in [2.24, 2.45) is 5.92 Å². The van der Waals surface area contributed by atoms with Crippen LogP contribution in [-0.4, -0.2) is 47.1 Å². The quantitative estimate of drug-likeness (QED) is 0.688. The molecule has 0 unspecified atom stereocenters. The second kappa shape index (κ2) is 9.86. The number of rotatable bonds is 7. The summed E-state index contributed by atoms with van der Waals surface area (Å²) in [6.45, 7) is 2.67. The van der Waals surface area contributed by atoms with Crippen molar-refractivity contribution in [3.8, 4) is 0 Å². The van der Waals surface area contributed by atoms with Crippen molar-refractivity contribution in [3.05, 3.63) is 71.8 Å². The average molecular weight is 408 g/mol. The van der Waals surface area contributed by atoms with E-state index in [-0.39, 0.29) is 18.4 Å². The van der Waals surface area contributed by atoms with Crippen LogP contribution in [0.1, 0.15) is 54.4 Å². The van der Waals surface area contributed by atoms with Gasteiger partial charge in [-0.25, -0.2) is 0 Å². The lowest BCUT2D eigenvalue weighted by atomic mass is 9.68. The van der Waals surface area contributed by atoms with Crippen LogP contribution in [0, 0.1) is 5.92 Å². The Balaban J connectivity index is 1.56. The molecule has 4 heteroatoms. The van der Waals surface area contributed by atoms with Gasteiger partial charge < -0.3 is 9.84 Å². The molecule has 2 aliphatic rings. The number of piperidine rings is 1. The lowest BCUT2D eigenvalue weighted by molar-refractivity contribution is -0.120. The highest BCUT2D eigenvalue weighted by Crippen LogP contribution is 2.40. The molecule has 1 aliphatic heterocycles. The third-order valence-electron chi connectivity index (χ3n) is 6.74. The number of hydrogen-bond acceptors (Lipinski definition) is 4. The van der Waals surface area contributed by atoms with Crippen LogP contribution in [-0.2, 0) is 11.3 Å². The Morgan fingerprint density at radius 2 is 1.63 bits per heavy atom. The molecule has 0 spiro atoms. The SMILES string of the molecule is O=C(c1ccccc1)[C@@H]1[C@@H](N2CCCCC2)CCC[C@@]1(O)COCc1ccccc1. The molecule has 1 aliphatic carbocycles. The van der Waals surface area contributed by atoms with Crippen LogP contribution in [0.2, 0.25) is 0 Å². The number of hydrogen-bond donors (Lipinski definition) is 1. The van der Waals surface area contributed by atoms with E-state index in [1.807, 2.05) is 60.7 Å². The molecule has 2 aromatic rings. The summed E-state index contributed by atoms with van der Waals surface area (Å²) in [5.74, 6) is -0.404. The molecule has 30 heavy (non-hydrogen) atoms. The fraction of sp³-hybridized carbons (Fsp3) is 0.500. The van der Waals surface area contributed by atoms with Crippen LogP contribution < -0.4 is 0 Å². The summed E-state index contributed by atoms with van der Waals surface area (Å²) in [7, 11) is 0. The minimum atomic E-state index is -1.14. The molecule has 1 N–H and O–H groups in total. The standard InChI is InChI=1S/C26H33NO3/c28-25(22-13-6-2-7-14-22)24-23(27-17-8-3-9-18-27)15-10-16-26(24,29)20-30-19-21-11-4-1-5-12-21/h1-2,4-7,11-14,23-24,29H,3,8-10,15-20H2/t23-,24-,26+/m0/s1. The van der Waals surface area contributed by atoms with Crippen molar-refractivity contribution in [2.75, 3.05) is 19.7 Å². The Morgan fingerprint density at radius 1 is 0.967 bits per heavy atom. The van der Waals surface area contributed by atoms with Crippen LogP contribution in [0.15, 0.2) is 60.7 Å². The first kappa shape index (κ1) is 21.2. The second-order valence-corrected chi connectivity index (χ2v) is 8.85. The summed E-state index contributed by atoms with van der Waals surface area (Å²) in [6, 6.07) is 19.5. The number of nitrogens with zero attached hydrogens (tertiary/aromatic N) is 1. The molecule has 1 saturated carbocycles. The van der Waals surface area contributed by atoms with Crippen LogP contribution in [0.25, 0.3) is 0 Å². The van der Waals surface area contributed by atoms with Gasteiger partial charge in [-0.3, -0.25) is 9.69 Å². The first-order valence-corrected chi connectivity index (χ1v) is 11.3. The van der Waals surface area contributed by atoms with Gasteiger partial charge in [-0.1, -0.05) is 67.1 Å². The largest absolute Gasteiger partial charge is 0.387 e. The number of ether oxygens (including phenoxy) is 1. The van der Waals surface area contributed by atoms with Gasteiger partial charge in [0.05, 0.1) is 24.7 Å². The van der Waals surface area contributed by atoms with Crippen LogP contribution in [0.5, 0.6) is 0 Å². The highest BCUT2D eigenvalue weighted by atomic mass is 16.5. The van der Waals surface area contributed by atoms with Gasteiger partial charge in [0, 0.05) is 11.6 Å². The molecule has 160 valence electrons. The van der Waals surface area contributed by atoms with Gasteiger partial charge in [0.25, 0.3) is 0 Å². The molecule has 1 heterocycles. The van der Waals surface area contributed by atoms with Gasteiger partial charge in [-0.15, -0.1) is 0 Å². The molecule has 0 amide bonds. The predicted octanol–water partition coefficient (Wildman–Crippen LogP) is 4.47. The van der Waals surface area contributed by atoms with E-state index in [4.69, 9.17) is 4.74 Å². The van der Waals surface area contributed by atoms with E-state index < -0.39 is 11.5 Å². The molecule has 0 bridgehead atoms. The van der Waals surface area contributed by atoms with Gasteiger partial charge in [0.15, 0.2) is 5.78 Å². The Hall–Kier alpha value is -2.01. The van der Waals surface area contributed by atoms with Crippen molar-refractivity contribution in [1.29, 1.82) is 0 Å². The van der Waals surface area contributed by atoms with Gasteiger partial charge in [-0.2, -0.15) is 0 Å². The third kappa shape index (κ3) is 4.83. The van der Waals surface area contributed by atoms with Gasteiger partial charge in [0.1, 0.15) is 0 Å². The van der Waals surface area contributed by atoms with E-state index in [0.717, 1.165) is 31.5 Å². The minimum Gasteiger partial charge on any atom is -0.387 e. The van der Waals surface area contributed by atoms with E-state index in [2.05, 4.69) is 4.90 Å². The summed E-state index contributed by atoms with van der Waals surface area (Å²) < 4.78 is 5.99. The Kier molecular flexibility index (Phi) is 6.98. The van der Waals surface area contributed by atoms with Gasteiger partial charge in [-0.05, 0) is 50.8 Å². The fourth-order valence-corrected chi connectivity index (χ4v) is 5.22. The number of benzene rings is 2. The molecule has 2 fully saturated rings. The predicted molar refractivity (Wildman–Crippen MR) is 118 cm³/mol. The lowest BCUT2D eigenvalue weighted by Gasteiger charge is -2.48. The highest BCUT2D eigenvalue weighted by Gasteiger charge is 2.50. The smallest absolute Gasteiger partial charge is 0.170 e. The average Bonchev–Trinajstić information content (AvgIpc) is 2.80. The van der Waals surface area contributed by atoms with Crippen molar-refractivity contribution in [2.45, 2.75) is 56.8 Å². The van der Waals surface area contributed by atoms with Crippen molar-refractivity contribution >= 4 is 5.78 Å². The number of aliphatic hydroxyl groups is 1. The Bertz CT molecular complexity index is 804. The van der Waals surface area contributed by atoms with Crippen molar-refractivity contribution in [1.82, 2.24) is 4.90 Å². The molecule has 4 rings (SSSR count). The molecule has 0 radical (unpaired) electrons. The molecular weight excluding hydrogens is 374 g/mol. The number of ketones is 1. The molecule has 4 nitrogen and oxygen atoms in total. The third-order valence-corrected chi connectivity index (χ3v) is 6.74. The highest BCUT2D eigenvalue weighted by molar-refractivity contribution is 5.99. The zero-order valence-corrected chi connectivity index (χ0v) is 17.7. The first-order valence-electron chi connectivity index (χ1n) is 11.3. The van der Waals surface area contributed by atoms with E-state index in [1.54, 1.807) is 0 Å². The van der Waals surface area contributed by atoms with Gasteiger partial charge in [0.2, 0.25) is 0 Å². The summed E-state index contributed by atoms with van der Waals surface area (Å²) in [5, 5.41) is 11.8. The molecular formula is C26H33NO3. The van der Waals surface area contributed by atoms with E-state index in [9.17, 15) is 9.90 Å². The van der Waals surface area contributed by atoms with E-state index in [0.29, 0.717) is 18.6 Å². The van der Waals surface area contributed by atoms with Gasteiger partial charge >= 0.3 is 0 Å². The summed E-state index contributed by atoms with van der Waals surface area (Å²) in [4.78, 5) is 16.1. The summed E-state index contributed by atoms with van der Waals surface area (Å²) in [6.07, 6.45) is 6.09.